The minimum atomic E-state index is -3.77. The zero-order chi connectivity index (χ0) is 14.5. The first kappa shape index (κ1) is 15.0. The lowest BCUT2D eigenvalue weighted by Crippen LogP contribution is -2.33. The van der Waals surface area contributed by atoms with Gasteiger partial charge in [-0.2, -0.15) is 0 Å². The van der Waals surface area contributed by atoms with E-state index in [0.717, 1.165) is 13.3 Å². The summed E-state index contributed by atoms with van der Waals surface area (Å²) in [5.41, 5.74) is -0.239. The van der Waals surface area contributed by atoms with E-state index >= 15 is 0 Å². The summed E-state index contributed by atoms with van der Waals surface area (Å²) < 4.78 is 30.3. The first-order chi connectivity index (χ1) is 8.84. The van der Waals surface area contributed by atoms with Gasteiger partial charge in [0.1, 0.15) is 0 Å². The van der Waals surface area contributed by atoms with Crippen LogP contribution in [-0.2, 0) is 26.1 Å². The third kappa shape index (κ3) is 5.01. The van der Waals surface area contributed by atoms with Crippen LogP contribution >= 0.6 is 0 Å². The van der Waals surface area contributed by atoms with Crippen LogP contribution in [0.3, 0.4) is 0 Å². The number of rotatable bonds is 7. The second-order valence-electron chi connectivity index (χ2n) is 3.40. The molecule has 19 heavy (non-hydrogen) atoms. The van der Waals surface area contributed by atoms with E-state index in [1.54, 1.807) is 0 Å². The minimum Gasteiger partial charge on any atom is -0.476 e. The largest absolute Gasteiger partial charge is 0.476 e. The van der Waals surface area contributed by atoms with Gasteiger partial charge in [-0.15, -0.1) is 5.10 Å². The predicted octanol–water partition coefficient (Wildman–Crippen LogP) is -1.93. The summed E-state index contributed by atoms with van der Waals surface area (Å²) in [6.07, 6.45) is 1.16. The number of ether oxygens (including phenoxy) is 1. The molecular weight excluding hydrogens is 280 g/mol. The topological polar surface area (TPSA) is 140 Å². The smallest absolute Gasteiger partial charge is 0.358 e. The average molecular weight is 292 g/mol. The molecule has 1 aromatic rings. The Bertz CT molecular complexity index is 566. The lowest BCUT2D eigenvalue weighted by molar-refractivity contribution is -0.137. The molecule has 10 nitrogen and oxygen atoms in total. The van der Waals surface area contributed by atoms with Crippen molar-refractivity contribution >= 4 is 22.0 Å². The Morgan fingerprint density at radius 2 is 2.21 bits per heavy atom. The number of carbonyl (C=O) groups excluding carboxylic acids is 1. The van der Waals surface area contributed by atoms with E-state index in [9.17, 15) is 18.0 Å². The Kier molecular flexibility index (Phi) is 4.94. The average Bonchev–Trinajstić information content (AvgIpc) is 2.77. The van der Waals surface area contributed by atoms with Gasteiger partial charge in [0.15, 0.2) is 11.4 Å². The molecule has 0 saturated carbocycles. The third-order valence-electron chi connectivity index (χ3n) is 1.96. The fourth-order valence-corrected chi connectivity index (χ4v) is 2.02. The van der Waals surface area contributed by atoms with Gasteiger partial charge in [-0.25, -0.2) is 17.9 Å². The molecule has 0 aliphatic heterocycles. The van der Waals surface area contributed by atoms with Crippen LogP contribution in [0.4, 0.5) is 0 Å². The number of hydrogen-bond donors (Lipinski definition) is 2. The van der Waals surface area contributed by atoms with Gasteiger partial charge in [0.25, 0.3) is 0 Å². The van der Waals surface area contributed by atoms with E-state index in [0.29, 0.717) is 0 Å². The van der Waals surface area contributed by atoms with Gasteiger partial charge < -0.3 is 9.84 Å². The summed E-state index contributed by atoms with van der Waals surface area (Å²) in [5.74, 6) is -2.87. The van der Waals surface area contributed by atoms with Crippen molar-refractivity contribution in [2.24, 2.45) is 0 Å². The fourth-order valence-electron chi connectivity index (χ4n) is 1.09. The molecule has 0 unspecified atom stereocenters. The van der Waals surface area contributed by atoms with Gasteiger partial charge in [0, 0.05) is 6.54 Å². The van der Waals surface area contributed by atoms with Crippen LogP contribution in [0.25, 0.3) is 0 Å². The highest BCUT2D eigenvalue weighted by atomic mass is 32.2. The summed E-state index contributed by atoms with van der Waals surface area (Å²) in [5, 5.41) is 15.4. The van der Waals surface area contributed by atoms with Crippen LogP contribution in [0.5, 0.6) is 0 Å². The quantitative estimate of drug-likeness (QED) is 0.553. The maximum absolute atomic E-state index is 11.4. The lowest BCUT2D eigenvalue weighted by atomic mass is 10.5. The second kappa shape index (κ2) is 6.24. The Balaban J connectivity index is 2.45. The Hall–Kier alpha value is -2.01. The molecule has 0 spiro atoms. The van der Waals surface area contributed by atoms with Gasteiger partial charge in [-0.1, -0.05) is 5.21 Å². The van der Waals surface area contributed by atoms with Gasteiger partial charge in [0.2, 0.25) is 10.0 Å². The van der Waals surface area contributed by atoms with E-state index in [-0.39, 0.29) is 18.8 Å². The molecule has 1 heterocycles. The zero-order valence-electron chi connectivity index (χ0n) is 9.94. The van der Waals surface area contributed by atoms with Gasteiger partial charge in [-0.05, 0) is 0 Å². The Labute approximate surface area is 108 Å². The SMILES string of the molecule is COC(=O)CS(=O)(=O)NCCn1cc(C(=O)O)nn1. The normalized spacial score (nSPS) is 11.2. The monoisotopic (exact) mass is 292 g/mol. The number of carboxylic acids is 1. The highest BCUT2D eigenvalue weighted by Gasteiger charge is 2.16. The molecule has 0 amide bonds. The molecule has 0 radical (unpaired) electrons. The number of aromatic nitrogens is 3. The molecule has 1 aromatic heterocycles. The molecule has 0 fully saturated rings. The molecule has 11 heteroatoms. The van der Waals surface area contributed by atoms with Crippen LogP contribution in [0.15, 0.2) is 6.20 Å². The van der Waals surface area contributed by atoms with Crippen LogP contribution in [-0.4, -0.2) is 59.9 Å². The highest BCUT2D eigenvalue weighted by Crippen LogP contribution is 1.93. The molecule has 1 rings (SSSR count). The van der Waals surface area contributed by atoms with E-state index in [4.69, 9.17) is 5.11 Å². The summed E-state index contributed by atoms with van der Waals surface area (Å²) in [6.45, 7) is 0.0302. The van der Waals surface area contributed by atoms with Crippen molar-refractivity contribution in [3.63, 3.8) is 0 Å². The van der Waals surface area contributed by atoms with Crippen molar-refractivity contribution in [1.29, 1.82) is 0 Å². The van der Waals surface area contributed by atoms with Gasteiger partial charge >= 0.3 is 11.9 Å². The molecule has 0 bridgehead atoms. The summed E-state index contributed by atoms with van der Waals surface area (Å²) >= 11 is 0. The fraction of sp³-hybridized carbons (Fsp3) is 0.500. The summed E-state index contributed by atoms with van der Waals surface area (Å²) in [6, 6.07) is 0. The molecular formula is C8H12N4O6S. The van der Waals surface area contributed by atoms with Crippen molar-refractivity contribution in [2.45, 2.75) is 6.54 Å². The first-order valence-corrected chi connectivity index (χ1v) is 6.67. The molecule has 106 valence electrons. The van der Waals surface area contributed by atoms with E-state index in [1.165, 1.54) is 4.68 Å². The lowest BCUT2D eigenvalue weighted by Gasteiger charge is -2.05. The van der Waals surface area contributed by atoms with Crippen LogP contribution in [0, 0.1) is 0 Å². The van der Waals surface area contributed by atoms with E-state index in [1.807, 2.05) is 0 Å². The predicted molar refractivity (Wildman–Crippen MR) is 60.8 cm³/mol. The number of esters is 1. The van der Waals surface area contributed by atoms with Crippen LogP contribution < -0.4 is 4.72 Å². The van der Waals surface area contributed by atoms with E-state index < -0.39 is 27.7 Å². The standard InChI is InChI=1S/C8H12N4O6S/c1-18-7(13)5-19(16,17)9-2-3-12-4-6(8(14)15)10-11-12/h4,9H,2-3,5H2,1H3,(H,14,15). The first-order valence-electron chi connectivity index (χ1n) is 5.01. The molecule has 2 N–H and O–H groups in total. The van der Waals surface area contributed by atoms with Crippen molar-refractivity contribution in [1.82, 2.24) is 19.7 Å². The van der Waals surface area contributed by atoms with Crippen molar-refractivity contribution in [3.8, 4) is 0 Å². The number of nitrogens with one attached hydrogen (secondary N) is 1. The summed E-state index contributed by atoms with van der Waals surface area (Å²) in [4.78, 5) is 21.3. The number of carboxylic acid groups (broad SMARTS) is 1. The van der Waals surface area contributed by atoms with Gasteiger partial charge in [0.05, 0.1) is 19.9 Å². The third-order valence-corrected chi connectivity index (χ3v) is 3.22. The van der Waals surface area contributed by atoms with Crippen molar-refractivity contribution < 1.29 is 27.9 Å². The molecule has 0 atom stereocenters. The minimum absolute atomic E-state index is 0.0538. The number of methoxy groups -OCH3 is 1. The van der Waals surface area contributed by atoms with E-state index in [2.05, 4.69) is 19.8 Å². The number of aromatic carboxylic acids is 1. The van der Waals surface area contributed by atoms with Crippen molar-refractivity contribution in [3.05, 3.63) is 11.9 Å². The zero-order valence-corrected chi connectivity index (χ0v) is 10.8. The number of sulfonamides is 1. The molecule has 0 aliphatic carbocycles. The number of carbonyl (C=O) groups is 2. The highest BCUT2D eigenvalue weighted by molar-refractivity contribution is 7.90. The maximum Gasteiger partial charge on any atom is 0.358 e. The molecule has 0 saturated heterocycles. The summed E-state index contributed by atoms with van der Waals surface area (Å²) in [7, 11) is -2.69. The Morgan fingerprint density at radius 3 is 2.74 bits per heavy atom. The maximum atomic E-state index is 11.4. The molecule has 0 aliphatic rings. The number of nitrogens with zero attached hydrogens (tertiary/aromatic N) is 3. The van der Waals surface area contributed by atoms with Gasteiger partial charge in [-0.3, -0.25) is 9.48 Å². The number of hydrogen-bond acceptors (Lipinski definition) is 7. The second-order valence-corrected chi connectivity index (χ2v) is 5.21. The molecule has 0 aromatic carbocycles. The van der Waals surface area contributed by atoms with Crippen LogP contribution in [0.2, 0.25) is 0 Å². The van der Waals surface area contributed by atoms with Crippen LogP contribution in [0.1, 0.15) is 10.5 Å². The van der Waals surface area contributed by atoms with Crippen molar-refractivity contribution in [2.75, 3.05) is 19.4 Å². The Morgan fingerprint density at radius 1 is 1.53 bits per heavy atom.